The van der Waals surface area contributed by atoms with Crippen molar-refractivity contribution in [3.8, 4) is 0 Å². The molecule has 1 N–H and O–H groups in total. The fraction of sp³-hybridized carbons (Fsp3) is 1.00. The summed E-state index contributed by atoms with van der Waals surface area (Å²) in [7, 11) is 0. The molecule has 0 spiro atoms. The van der Waals surface area contributed by atoms with Crippen molar-refractivity contribution in [3.05, 3.63) is 0 Å². The summed E-state index contributed by atoms with van der Waals surface area (Å²) in [5.41, 5.74) is 0. The average molecular weight is 150 g/mol. The van der Waals surface area contributed by atoms with Crippen molar-refractivity contribution in [3.63, 3.8) is 0 Å². The second-order valence-electron chi connectivity index (χ2n) is 1.69. The first kappa shape index (κ1) is 11.9. The molecule has 0 atom stereocenters. The Hall–Kier alpha value is 0.137. The molecule has 0 radical (unpaired) electrons. The Labute approximate surface area is 61.2 Å². The van der Waals surface area contributed by atoms with Gasteiger partial charge in [-0.15, -0.1) is 0 Å². The first-order chi connectivity index (χ1) is 3.91. The number of unbranched alkanes of at least 4 members (excludes halogenated alkanes) is 1. The topological polar surface area (TPSA) is 29.5 Å². The van der Waals surface area contributed by atoms with Crippen LogP contribution in [0.3, 0.4) is 0 Å². The lowest BCUT2D eigenvalue weighted by molar-refractivity contribution is 0.0904. The van der Waals surface area contributed by atoms with E-state index in [1.165, 1.54) is 0 Å². The monoisotopic (exact) mass is 150 g/mol. The summed E-state index contributed by atoms with van der Waals surface area (Å²) >= 11 is 0. The molecular formula is C6H18O2Si. The van der Waals surface area contributed by atoms with Gasteiger partial charge in [0.05, 0.1) is 13.2 Å². The molecule has 0 unspecified atom stereocenters. The number of hydrogen-bond acceptors (Lipinski definition) is 2. The van der Waals surface area contributed by atoms with E-state index in [-0.39, 0.29) is 17.6 Å². The minimum absolute atomic E-state index is 0. The van der Waals surface area contributed by atoms with E-state index in [0.29, 0.717) is 6.61 Å². The predicted octanol–water partition coefficient (Wildman–Crippen LogP) is -0.656. The van der Waals surface area contributed by atoms with Crippen LogP contribution in [-0.4, -0.2) is 35.9 Å². The minimum atomic E-state index is 0. The zero-order chi connectivity index (χ0) is 6.24. The highest BCUT2D eigenvalue weighted by molar-refractivity contribution is 5.75. The number of hydrogen-bond donors (Lipinski definition) is 1. The third kappa shape index (κ3) is 11.6. The van der Waals surface area contributed by atoms with Crippen LogP contribution in [0.2, 0.25) is 0 Å². The minimum Gasteiger partial charge on any atom is -0.394 e. The van der Waals surface area contributed by atoms with Gasteiger partial charge < -0.3 is 9.84 Å². The van der Waals surface area contributed by atoms with Crippen LogP contribution in [0.4, 0.5) is 0 Å². The maximum absolute atomic E-state index is 8.24. The Kier molecular flexibility index (Phi) is 14.5. The first-order valence-electron chi connectivity index (χ1n) is 3.10. The van der Waals surface area contributed by atoms with Crippen LogP contribution in [0, 0.1) is 0 Å². The Morgan fingerprint density at radius 3 is 2.44 bits per heavy atom. The summed E-state index contributed by atoms with van der Waals surface area (Å²) in [5, 5.41) is 8.24. The van der Waals surface area contributed by atoms with Gasteiger partial charge in [0.1, 0.15) is 0 Å². The molecule has 3 heteroatoms. The lowest BCUT2D eigenvalue weighted by atomic mass is 10.4. The van der Waals surface area contributed by atoms with Gasteiger partial charge in [-0.3, -0.25) is 0 Å². The summed E-state index contributed by atoms with van der Waals surface area (Å²) in [5.74, 6) is 0. The third-order valence-electron chi connectivity index (χ3n) is 0.878. The van der Waals surface area contributed by atoms with Crippen LogP contribution in [-0.2, 0) is 4.74 Å². The van der Waals surface area contributed by atoms with Crippen LogP contribution in [0.25, 0.3) is 0 Å². The highest BCUT2D eigenvalue weighted by atomic mass is 28.1. The zero-order valence-electron chi connectivity index (χ0n) is 5.39. The molecule has 0 aromatic rings. The molecule has 0 aliphatic carbocycles. The molecule has 0 aromatic heterocycles. The lowest BCUT2D eigenvalue weighted by Crippen LogP contribution is -1.99. The Morgan fingerprint density at radius 2 is 2.00 bits per heavy atom. The van der Waals surface area contributed by atoms with Gasteiger partial charge >= 0.3 is 0 Å². The summed E-state index contributed by atoms with van der Waals surface area (Å²) in [6.45, 7) is 3.53. The van der Waals surface area contributed by atoms with Gasteiger partial charge in [-0.1, -0.05) is 13.3 Å². The molecule has 0 aromatic carbocycles. The van der Waals surface area contributed by atoms with Crippen molar-refractivity contribution in [1.82, 2.24) is 0 Å². The number of aliphatic hydroxyl groups excluding tert-OH is 1. The van der Waals surface area contributed by atoms with Gasteiger partial charge in [-0.25, -0.2) is 0 Å². The van der Waals surface area contributed by atoms with Crippen LogP contribution in [0.15, 0.2) is 0 Å². The van der Waals surface area contributed by atoms with E-state index in [4.69, 9.17) is 9.84 Å². The first-order valence-corrected chi connectivity index (χ1v) is 3.10. The summed E-state index contributed by atoms with van der Waals surface area (Å²) in [4.78, 5) is 0. The molecule has 0 rings (SSSR count). The van der Waals surface area contributed by atoms with Crippen molar-refractivity contribution in [2.75, 3.05) is 19.8 Å². The quantitative estimate of drug-likeness (QED) is 0.417. The molecule has 0 aliphatic heterocycles. The molecule has 0 saturated heterocycles. The van der Waals surface area contributed by atoms with Gasteiger partial charge in [-0.05, 0) is 17.4 Å². The standard InChI is InChI=1S/C6H14O2.H4Si/c1-2-3-5-8-6-4-7;/h7H,2-6H2,1H3;1H4. The lowest BCUT2D eigenvalue weighted by Gasteiger charge is -1.97. The SMILES string of the molecule is CCCCOCCO.[SiH4]. The Bertz CT molecular complexity index is 36.0. The van der Waals surface area contributed by atoms with E-state index < -0.39 is 0 Å². The second-order valence-corrected chi connectivity index (χ2v) is 1.69. The molecule has 0 amide bonds. The molecule has 2 nitrogen and oxygen atoms in total. The summed E-state index contributed by atoms with van der Waals surface area (Å²) in [6, 6.07) is 0. The molecule has 0 bridgehead atoms. The van der Waals surface area contributed by atoms with Crippen LogP contribution in [0.1, 0.15) is 19.8 Å². The van der Waals surface area contributed by atoms with Crippen molar-refractivity contribution < 1.29 is 9.84 Å². The number of rotatable bonds is 5. The van der Waals surface area contributed by atoms with E-state index >= 15 is 0 Å². The summed E-state index contributed by atoms with van der Waals surface area (Å²) < 4.78 is 4.97. The smallest absolute Gasteiger partial charge is 0.0697 e. The van der Waals surface area contributed by atoms with Gasteiger partial charge in [0.25, 0.3) is 0 Å². The normalized spacial score (nSPS) is 8.67. The highest BCUT2D eigenvalue weighted by Crippen LogP contribution is 1.85. The molecule has 0 aliphatic rings. The third-order valence-corrected chi connectivity index (χ3v) is 0.878. The predicted molar refractivity (Wildman–Crippen MR) is 44.1 cm³/mol. The van der Waals surface area contributed by atoms with E-state index in [9.17, 15) is 0 Å². The average Bonchev–Trinajstić information content (AvgIpc) is 1.81. The van der Waals surface area contributed by atoms with Gasteiger partial charge in [0.15, 0.2) is 0 Å². The largest absolute Gasteiger partial charge is 0.394 e. The van der Waals surface area contributed by atoms with Gasteiger partial charge in [-0.2, -0.15) is 0 Å². The van der Waals surface area contributed by atoms with E-state index in [1.807, 2.05) is 0 Å². The Morgan fingerprint density at radius 1 is 1.33 bits per heavy atom. The molecule has 58 valence electrons. The van der Waals surface area contributed by atoms with Crippen LogP contribution >= 0.6 is 0 Å². The van der Waals surface area contributed by atoms with Crippen LogP contribution < -0.4 is 0 Å². The van der Waals surface area contributed by atoms with Crippen molar-refractivity contribution in [2.24, 2.45) is 0 Å². The van der Waals surface area contributed by atoms with Gasteiger partial charge in [0.2, 0.25) is 0 Å². The zero-order valence-corrected chi connectivity index (χ0v) is 5.39. The molecule has 0 fully saturated rings. The van der Waals surface area contributed by atoms with Crippen LogP contribution in [0.5, 0.6) is 0 Å². The van der Waals surface area contributed by atoms with E-state index in [2.05, 4.69) is 6.92 Å². The van der Waals surface area contributed by atoms with Crippen molar-refractivity contribution >= 4 is 11.0 Å². The van der Waals surface area contributed by atoms with E-state index in [0.717, 1.165) is 19.4 Å². The molecule has 0 saturated carbocycles. The molecule has 9 heavy (non-hydrogen) atoms. The molecule has 0 heterocycles. The van der Waals surface area contributed by atoms with Crippen molar-refractivity contribution in [2.45, 2.75) is 19.8 Å². The maximum atomic E-state index is 8.24. The molecular weight excluding hydrogens is 132 g/mol. The second kappa shape index (κ2) is 11.0. The maximum Gasteiger partial charge on any atom is 0.0697 e. The summed E-state index contributed by atoms with van der Waals surface area (Å²) in [6.07, 6.45) is 2.26. The fourth-order valence-corrected chi connectivity index (χ4v) is 0.413. The Balaban J connectivity index is 0. The van der Waals surface area contributed by atoms with Crippen molar-refractivity contribution in [1.29, 1.82) is 0 Å². The number of aliphatic hydroxyl groups is 1. The highest BCUT2D eigenvalue weighted by Gasteiger charge is 1.82. The fourth-order valence-electron chi connectivity index (χ4n) is 0.413. The van der Waals surface area contributed by atoms with Gasteiger partial charge in [0, 0.05) is 6.61 Å². The van der Waals surface area contributed by atoms with E-state index in [1.54, 1.807) is 0 Å². The number of ether oxygens (including phenoxy) is 1.